The number of nitrogens with one attached hydrogen (secondary N) is 1. The number of ether oxygens (including phenoxy) is 1. The number of nitrogens with two attached hydrogens (primary N) is 1. The van der Waals surface area contributed by atoms with Gasteiger partial charge in [-0.25, -0.2) is 17.6 Å². The summed E-state index contributed by atoms with van der Waals surface area (Å²) in [6.45, 7) is 6.67. The van der Waals surface area contributed by atoms with Crippen LogP contribution in [0.2, 0.25) is 10.0 Å². The van der Waals surface area contributed by atoms with Crippen LogP contribution in [0.4, 0.5) is 9.18 Å². The predicted octanol–water partition coefficient (Wildman–Crippen LogP) is 3.18. The highest BCUT2D eigenvalue weighted by atomic mass is 35.5. The molecule has 2 aromatic rings. The lowest BCUT2D eigenvalue weighted by Gasteiger charge is -2.54. The maximum Gasteiger partial charge on any atom is 0.409 e. The van der Waals surface area contributed by atoms with Gasteiger partial charge in [-0.05, 0) is 62.1 Å². The smallest absolute Gasteiger partial charge is 0.409 e. The normalized spacial score (nSPS) is 23.8. The summed E-state index contributed by atoms with van der Waals surface area (Å²) in [5.41, 5.74) is 6.72. The molecular formula is C33H41Cl2FN6O7S. The van der Waals surface area contributed by atoms with Gasteiger partial charge in [0.25, 0.3) is 0 Å². The van der Waals surface area contributed by atoms with Gasteiger partial charge in [-0.1, -0.05) is 49.2 Å². The number of halogens is 3. The summed E-state index contributed by atoms with van der Waals surface area (Å²) in [5, 5.41) is 2.69. The minimum atomic E-state index is -4.65. The molecule has 5 atom stereocenters. The van der Waals surface area contributed by atoms with Crippen LogP contribution in [-0.2, 0) is 35.6 Å². The van der Waals surface area contributed by atoms with E-state index < -0.39 is 75.7 Å². The number of carbonyl (C=O) groups excluding carboxylic acids is 4. The number of likely N-dealkylation sites (tertiary alicyclic amines) is 1. The number of fused-ring (bicyclic) bond motifs is 1. The molecule has 3 N–H and O–H groups in total. The van der Waals surface area contributed by atoms with Gasteiger partial charge in [-0.15, -0.1) is 0 Å². The first-order chi connectivity index (χ1) is 23.5. The number of alkyl carbamates (subject to hydrolysis) is 1. The highest BCUT2D eigenvalue weighted by Gasteiger charge is 2.54. The molecule has 0 radical (unpaired) electrons. The average molecular weight is 756 g/mol. The van der Waals surface area contributed by atoms with Crippen LogP contribution < -0.4 is 11.1 Å². The third-order valence-corrected chi connectivity index (χ3v) is 11.9. The monoisotopic (exact) mass is 754 g/mol. The van der Waals surface area contributed by atoms with Crippen molar-refractivity contribution in [1.29, 1.82) is 0 Å². The molecule has 0 saturated carbocycles. The third kappa shape index (κ3) is 7.57. The zero-order valence-electron chi connectivity index (χ0n) is 28.1. The number of sulfonamides is 1. The average Bonchev–Trinajstić information content (AvgIpc) is 3.52. The summed E-state index contributed by atoms with van der Waals surface area (Å²) in [6, 6.07) is 5.65. The molecule has 272 valence electrons. The molecule has 3 aliphatic rings. The zero-order valence-corrected chi connectivity index (χ0v) is 30.4. The van der Waals surface area contributed by atoms with Crippen LogP contribution in [0.25, 0.3) is 0 Å². The lowest BCUT2D eigenvalue weighted by molar-refractivity contribution is -0.168. The van der Waals surface area contributed by atoms with Gasteiger partial charge in [0, 0.05) is 37.0 Å². The summed E-state index contributed by atoms with van der Waals surface area (Å²) < 4.78 is 49.7. The van der Waals surface area contributed by atoms with Crippen LogP contribution in [0, 0.1) is 11.7 Å². The lowest BCUT2D eigenvalue weighted by atomic mass is 9.96. The summed E-state index contributed by atoms with van der Waals surface area (Å²) in [4.78, 5) is 58.3. The second-order valence-electron chi connectivity index (χ2n) is 13.3. The summed E-state index contributed by atoms with van der Waals surface area (Å²) in [5.74, 6) is -2.55. The molecule has 3 aliphatic heterocycles. The van der Waals surface area contributed by atoms with Gasteiger partial charge in [0.1, 0.15) is 29.0 Å². The van der Waals surface area contributed by atoms with E-state index in [4.69, 9.17) is 33.7 Å². The zero-order chi connectivity index (χ0) is 36.7. The Bertz CT molecular complexity index is 1750. The van der Waals surface area contributed by atoms with Crippen LogP contribution in [-0.4, -0.2) is 107 Å². The molecule has 5 rings (SSSR count). The molecule has 3 heterocycles. The minimum Gasteiger partial charge on any atom is -0.425 e. The number of hydrogen-bond acceptors (Lipinski definition) is 8. The van der Waals surface area contributed by atoms with Gasteiger partial charge in [0.05, 0.1) is 17.6 Å². The first-order valence-corrected chi connectivity index (χ1v) is 18.6. The van der Waals surface area contributed by atoms with Crippen molar-refractivity contribution in [2.45, 2.75) is 88.4 Å². The maximum atomic E-state index is 14.4. The molecule has 0 bridgehead atoms. The van der Waals surface area contributed by atoms with E-state index in [0.717, 1.165) is 22.5 Å². The van der Waals surface area contributed by atoms with Crippen molar-refractivity contribution >= 4 is 57.0 Å². The van der Waals surface area contributed by atoms with E-state index in [9.17, 15) is 32.0 Å². The van der Waals surface area contributed by atoms with Crippen molar-refractivity contribution in [3.63, 3.8) is 0 Å². The van der Waals surface area contributed by atoms with E-state index in [2.05, 4.69) is 5.32 Å². The summed E-state index contributed by atoms with van der Waals surface area (Å²) in [6.07, 6.45) is -2.39. The quantitative estimate of drug-likeness (QED) is 0.395. The van der Waals surface area contributed by atoms with E-state index >= 15 is 0 Å². The van der Waals surface area contributed by atoms with Crippen LogP contribution in [0.1, 0.15) is 46.1 Å². The summed E-state index contributed by atoms with van der Waals surface area (Å²) >= 11 is 12.4. The Balaban J connectivity index is 1.51. The number of hydrogen-bond donors (Lipinski definition) is 2. The number of carbonyl (C=O) groups is 4. The van der Waals surface area contributed by atoms with Crippen molar-refractivity contribution in [3.05, 3.63) is 63.9 Å². The second kappa shape index (κ2) is 15.0. The highest BCUT2D eigenvalue weighted by molar-refractivity contribution is 7.89. The molecule has 0 spiro atoms. The van der Waals surface area contributed by atoms with Crippen molar-refractivity contribution in [3.8, 4) is 0 Å². The van der Waals surface area contributed by atoms with Gasteiger partial charge < -0.3 is 30.5 Å². The van der Waals surface area contributed by atoms with Crippen molar-refractivity contribution < 1.29 is 36.7 Å². The molecule has 2 aromatic carbocycles. The second-order valence-corrected chi connectivity index (χ2v) is 16.0. The van der Waals surface area contributed by atoms with Gasteiger partial charge in [-0.2, -0.15) is 4.31 Å². The molecule has 17 heteroatoms. The fourth-order valence-corrected chi connectivity index (χ4v) is 8.71. The lowest BCUT2D eigenvalue weighted by Crippen LogP contribution is -2.76. The van der Waals surface area contributed by atoms with Gasteiger partial charge in [-0.3, -0.25) is 14.4 Å². The molecular weight excluding hydrogens is 714 g/mol. The van der Waals surface area contributed by atoms with Crippen LogP contribution in [0.5, 0.6) is 0 Å². The molecule has 13 nitrogen and oxygen atoms in total. The molecule has 3 fully saturated rings. The van der Waals surface area contributed by atoms with E-state index in [1.54, 1.807) is 52.0 Å². The van der Waals surface area contributed by atoms with Gasteiger partial charge >= 0.3 is 6.09 Å². The van der Waals surface area contributed by atoms with Crippen molar-refractivity contribution in [2.24, 2.45) is 11.7 Å². The number of rotatable bonds is 9. The number of nitrogens with zero attached hydrogens (tertiary/aromatic N) is 4. The first-order valence-electron chi connectivity index (χ1n) is 16.4. The van der Waals surface area contributed by atoms with E-state index in [1.807, 2.05) is 0 Å². The molecule has 0 aliphatic carbocycles. The van der Waals surface area contributed by atoms with E-state index in [-0.39, 0.29) is 35.9 Å². The third-order valence-electron chi connectivity index (χ3n) is 9.30. The standard InChI is InChI=1S/C33H41Cl2FN6O7S/c1-18(2)29(37)32(45)39-13-5-6-28(39)49-33(46)38-24-16-41(50(47,48)26-15-22(36)11-12-23(26)35)27-17-40(19(3)4)31(44)25(42(27)30(24)43)14-20-7-9-21(34)10-8-20/h7-12,15,18-19,24-25,27-29H,5-6,13-14,16-17,37H2,1-4H3,(H,38,46). The van der Waals surface area contributed by atoms with E-state index in [1.165, 1.54) is 14.7 Å². The number of amides is 4. The number of piperazine rings is 1. The van der Waals surface area contributed by atoms with Crippen LogP contribution in [0.3, 0.4) is 0 Å². The highest BCUT2D eigenvalue weighted by Crippen LogP contribution is 2.35. The Hall–Kier alpha value is -3.50. The SMILES string of the molecule is CC(C)C(N)C(=O)N1CCCC1OC(=O)NC1CN(S(=O)(=O)c2cc(F)ccc2Cl)C2CN(C(C)C)C(=O)C(Cc3ccc(Cl)cc3)N2C1=O. The van der Waals surface area contributed by atoms with E-state index in [0.29, 0.717) is 30.0 Å². The maximum absolute atomic E-state index is 14.4. The predicted molar refractivity (Wildman–Crippen MR) is 183 cm³/mol. The summed E-state index contributed by atoms with van der Waals surface area (Å²) in [7, 11) is -4.65. The molecule has 50 heavy (non-hydrogen) atoms. The Kier molecular flexibility index (Phi) is 11.3. The Morgan fingerprint density at radius 2 is 1.72 bits per heavy atom. The Morgan fingerprint density at radius 3 is 2.36 bits per heavy atom. The van der Waals surface area contributed by atoms with Crippen LogP contribution >= 0.6 is 23.2 Å². The Labute approximate surface area is 300 Å². The molecule has 5 unspecified atom stereocenters. The minimum absolute atomic E-state index is 0.00247. The van der Waals surface area contributed by atoms with Gasteiger partial charge in [0.2, 0.25) is 27.7 Å². The van der Waals surface area contributed by atoms with Crippen molar-refractivity contribution in [1.82, 2.24) is 24.3 Å². The van der Waals surface area contributed by atoms with Gasteiger partial charge in [0.15, 0.2) is 6.23 Å². The largest absolute Gasteiger partial charge is 0.425 e. The molecule has 4 amide bonds. The fraction of sp³-hybridized carbons (Fsp3) is 0.515. The topological polar surface area (TPSA) is 163 Å². The number of benzene rings is 2. The molecule has 0 aromatic heterocycles. The van der Waals surface area contributed by atoms with Crippen LogP contribution in [0.15, 0.2) is 47.4 Å². The molecule has 3 saturated heterocycles. The Morgan fingerprint density at radius 1 is 1.04 bits per heavy atom. The first kappa shape index (κ1) is 37.7. The van der Waals surface area contributed by atoms with Crippen molar-refractivity contribution in [2.75, 3.05) is 19.6 Å². The fourth-order valence-electron chi connectivity index (χ4n) is 6.51.